The molecule has 0 aliphatic heterocycles. The fraction of sp³-hybridized carbons (Fsp3) is 0.200. The Morgan fingerprint density at radius 1 is 0.750 bits per heavy atom. The number of pyridine rings is 2. The van der Waals surface area contributed by atoms with Crippen LogP contribution in [-0.4, -0.2) is 31.8 Å². The Morgan fingerprint density at radius 2 is 1.18 bits per heavy atom. The van der Waals surface area contributed by atoms with Gasteiger partial charge in [-0.05, 0) is 38.1 Å². The molecule has 0 saturated heterocycles. The number of nitrogens with zero attached hydrogens (tertiary/aromatic N) is 4. The zero-order valence-corrected chi connectivity index (χ0v) is 15.6. The molecule has 0 spiro atoms. The number of nitrogens with one attached hydrogen (secondary N) is 2. The molecule has 3 aromatic heterocycles. The summed E-state index contributed by atoms with van der Waals surface area (Å²) >= 11 is 0. The van der Waals surface area contributed by atoms with Gasteiger partial charge < -0.3 is 10.6 Å². The molecule has 2 N–H and O–H groups in total. The minimum absolute atomic E-state index is 0.190. The molecule has 8 nitrogen and oxygen atoms in total. The highest BCUT2D eigenvalue weighted by molar-refractivity contribution is 5.96. The lowest BCUT2D eigenvalue weighted by Gasteiger charge is -2.11. The molecule has 0 aliphatic carbocycles. The van der Waals surface area contributed by atoms with Crippen molar-refractivity contribution in [2.45, 2.75) is 26.9 Å². The van der Waals surface area contributed by atoms with Crippen LogP contribution in [0.1, 0.15) is 43.8 Å². The smallest absolute Gasteiger partial charge is 0.272 e. The molecule has 28 heavy (non-hydrogen) atoms. The van der Waals surface area contributed by atoms with Gasteiger partial charge in [0.1, 0.15) is 11.4 Å². The molecule has 8 heteroatoms. The Balaban J connectivity index is 1.67. The maximum absolute atomic E-state index is 12.4. The largest absolute Gasteiger partial charge is 0.345 e. The summed E-state index contributed by atoms with van der Waals surface area (Å²) < 4.78 is 0. The molecule has 142 valence electrons. The van der Waals surface area contributed by atoms with E-state index >= 15 is 0 Å². The SMILES string of the molecule is Cc1nc(C(=O)NCc2ccccn2)c(C)nc1C(=O)NCc1ccccn1. The van der Waals surface area contributed by atoms with E-state index in [4.69, 9.17) is 0 Å². The normalized spacial score (nSPS) is 10.4. The fourth-order valence-corrected chi connectivity index (χ4v) is 2.55. The second kappa shape index (κ2) is 8.81. The van der Waals surface area contributed by atoms with Crippen LogP contribution in [0.2, 0.25) is 0 Å². The molecule has 0 radical (unpaired) electrons. The van der Waals surface area contributed by atoms with E-state index in [1.165, 1.54) is 0 Å². The van der Waals surface area contributed by atoms with Crippen molar-refractivity contribution in [1.29, 1.82) is 0 Å². The van der Waals surface area contributed by atoms with E-state index < -0.39 is 0 Å². The van der Waals surface area contributed by atoms with Crippen LogP contribution >= 0.6 is 0 Å². The van der Waals surface area contributed by atoms with Gasteiger partial charge in [-0.3, -0.25) is 19.6 Å². The summed E-state index contributed by atoms with van der Waals surface area (Å²) in [7, 11) is 0. The molecule has 2 amide bonds. The average Bonchev–Trinajstić information content (AvgIpc) is 2.73. The van der Waals surface area contributed by atoms with Crippen LogP contribution in [0.25, 0.3) is 0 Å². The van der Waals surface area contributed by atoms with Gasteiger partial charge in [-0.2, -0.15) is 0 Å². The van der Waals surface area contributed by atoms with Gasteiger partial charge in [-0.1, -0.05) is 12.1 Å². The predicted octanol–water partition coefficient (Wildman–Crippen LogP) is 1.74. The second-order valence-corrected chi connectivity index (χ2v) is 6.10. The van der Waals surface area contributed by atoms with Crippen LogP contribution in [0.4, 0.5) is 0 Å². The molecule has 0 unspecified atom stereocenters. The Bertz CT molecular complexity index is 895. The van der Waals surface area contributed by atoms with Crippen LogP contribution in [0.15, 0.2) is 48.8 Å². The minimum Gasteiger partial charge on any atom is -0.345 e. The number of rotatable bonds is 6. The van der Waals surface area contributed by atoms with E-state index in [0.717, 1.165) is 11.4 Å². The molecule has 0 fully saturated rings. The van der Waals surface area contributed by atoms with Crippen LogP contribution in [-0.2, 0) is 13.1 Å². The molecule has 3 aromatic rings. The van der Waals surface area contributed by atoms with Gasteiger partial charge in [0.2, 0.25) is 0 Å². The van der Waals surface area contributed by atoms with E-state index in [0.29, 0.717) is 11.4 Å². The third-order valence-electron chi connectivity index (χ3n) is 3.99. The summed E-state index contributed by atoms with van der Waals surface area (Å²) in [5.41, 5.74) is 2.62. The lowest BCUT2D eigenvalue weighted by Crippen LogP contribution is -2.29. The van der Waals surface area contributed by atoms with Gasteiger partial charge >= 0.3 is 0 Å². The first-order valence-electron chi connectivity index (χ1n) is 8.76. The lowest BCUT2D eigenvalue weighted by molar-refractivity contribution is 0.0928. The standard InChI is InChI=1S/C20H20N6O2/c1-13-17(19(27)23-11-15-7-3-5-9-21-15)26-14(2)18(25-13)20(28)24-12-16-8-4-6-10-22-16/h3-10H,11-12H2,1-2H3,(H,23,27)(H,24,28). The van der Waals surface area contributed by atoms with Gasteiger partial charge in [-0.15, -0.1) is 0 Å². The topological polar surface area (TPSA) is 110 Å². The summed E-state index contributed by atoms with van der Waals surface area (Å²) in [5, 5.41) is 5.53. The maximum atomic E-state index is 12.4. The van der Waals surface area contributed by atoms with Crippen molar-refractivity contribution in [2.75, 3.05) is 0 Å². The monoisotopic (exact) mass is 376 g/mol. The van der Waals surface area contributed by atoms with Crippen molar-refractivity contribution < 1.29 is 9.59 Å². The highest BCUT2D eigenvalue weighted by Crippen LogP contribution is 2.09. The molecule has 0 aliphatic rings. The van der Waals surface area contributed by atoms with Crippen molar-refractivity contribution in [3.8, 4) is 0 Å². The van der Waals surface area contributed by atoms with E-state index in [1.807, 2.05) is 36.4 Å². The fourth-order valence-electron chi connectivity index (χ4n) is 2.55. The summed E-state index contributed by atoms with van der Waals surface area (Å²) in [6.45, 7) is 3.87. The zero-order chi connectivity index (χ0) is 19.9. The zero-order valence-electron chi connectivity index (χ0n) is 15.6. The van der Waals surface area contributed by atoms with Crippen LogP contribution in [0.5, 0.6) is 0 Å². The third kappa shape index (κ3) is 4.73. The summed E-state index contributed by atoms with van der Waals surface area (Å²) in [6, 6.07) is 11.0. The summed E-state index contributed by atoms with van der Waals surface area (Å²) in [4.78, 5) is 41.8. The number of hydrogen-bond donors (Lipinski definition) is 2. The van der Waals surface area contributed by atoms with Gasteiger partial charge in [0.15, 0.2) is 0 Å². The Morgan fingerprint density at radius 3 is 1.54 bits per heavy atom. The minimum atomic E-state index is -0.362. The predicted molar refractivity (Wildman–Crippen MR) is 102 cm³/mol. The molecule has 0 atom stereocenters. The number of aryl methyl sites for hydroxylation is 2. The lowest BCUT2D eigenvalue weighted by atomic mass is 10.2. The highest BCUT2D eigenvalue weighted by atomic mass is 16.2. The molecule has 0 saturated carbocycles. The Hall–Kier alpha value is -3.68. The van der Waals surface area contributed by atoms with Crippen molar-refractivity contribution in [3.05, 3.63) is 83.0 Å². The summed E-state index contributed by atoms with van der Waals surface area (Å²) in [5.74, 6) is -0.724. The number of amides is 2. The van der Waals surface area contributed by atoms with Crippen LogP contribution in [0, 0.1) is 13.8 Å². The Kier molecular flexibility index (Phi) is 6.01. The molecular weight excluding hydrogens is 356 g/mol. The van der Waals surface area contributed by atoms with E-state index in [1.54, 1.807) is 26.2 Å². The van der Waals surface area contributed by atoms with Crippen molar-refractivity contribution in [3.63, 3.8) is 0 Å². The Labute approximate surface area is 162 Å². The van der Waals surface area contributed by atoms with Crippen LogP contribution in [0.3, 0.4) is 0 Å². The van der Waals surface area contributed by atoms with Crippen molar-refractivity contribution in [1.82, 2.24) is 30.6 Å². The summed E-state index contributed by atoms with van der Waals surface area (Å²) in [6.07, 6.45) is 3.32. The van der Waals surface area contributed by atoms with Crippen molar-refractivity contribution >= 4 is 11.8 Å². The van der Waals surface area contributed by atoms with E-state index in [9.17, 15) is 9.59 Å². The second-order valence-electron chi connectivity index (χ2n) is 6.10. The maximum Gasteiger partial charge on any atom is 0.272 e. The molecule has 3 heterocycles. The van der Waals surface area contributed by atoms with Gasteiger partial charge in [0, 0.05) is 12.4 Å². The average molecular weight is 376 g/mol. The van der Waals surface area contributed by atoms with Crippen LogP contribution < -0.4 is 10.6 Å². The van der Waals surface area contributed by atoms with Gasteiger partial charge in [0.25, 0.3) is 11.8 Å². The van der Waals surface area contributed by atoms with Crippen molar-refractivity contribution in [2.24, 2.45) is 0 Å². The number of hydrogen-bond acceptors (Lipinski definition) is 6. The number of carbonyl (C=O) groups is 2. The molecular formula is C20H20N6O2. The first-order chi connectivity index (χ1) is 13.5. The molecule has 0 bridgehead atoms. The van der Waals surface area contributed by atoms with Gasteiger partial charge in [0.05, 0.1) is 35.9 Å². The van der Waals surface area contributed by atoms with E-state index in [2.05, 4.69) is 30.6 Å². The first-order valence-corrected chi connectivity index (χ1v) is 8.76. The first kappa shape index (κ1) is 19.1. The molecule has 3 rings (SSSR count). The van der Waals surface area contributed by atoms with E-state index in [-0.39, 0.29) is 36.3 Å². The van der Waals surface area contributed by atoms with Gasteiger partial charge in [-0.25, -0.2) is 9.97 Å². The molecule has 0 aromatic carbocycles. The third-order valence-corrected chi connectivity index (χ3v) is 3.99. The highest BCUT2D eigenvalue weighted by Gasteiger charge is 2.19. The number of aromatic nitrogens is 4. The quantitative estimate of drug-likeness (QED) is 0.678. The number of carbonyl (C=O) groups excluding carboxylic acids is 2.